The molecule has 0 bridgehead atoms. The lowest BCUT2D eigenvalue weighted by Crippen LogP contribution is -2.30. The Balaban J connectivity index is 1.72. The molecule has 2 aromatic carbocycles. The summed E-state index contributed by atoms with van der Waals surface area (Å²) >= 11 is 5.96. The molecular weight excluding hydrogens is 428 g/mol. The number of ketones is 1. The SMILES string of the molecule is Cc1ccc2nc(N3C(=O)C(=O)/C(=C(/O)c4ccc(Cl)cc4)C3c3ccccn3)[nH]c2c1. The first-order chi connectivity index (χ1) is 15.4. The van der Waals surface area contributed by atoms with E-state index in [2.05, 4.69) is 15.0 Å². The summed E-state index contributed by atoms with van der Waals surface area (Å²) in [5.41, 5.74) is 3.16. The number of hydrogen-bond acceptors (Lipinski definition) is 5. The van der Waals surface area contributed by atoms with Crippen LogP contribution in [0.5, 0.6) is 0 Å². The third kappa shape index (κ3) is 3.23. The number of hydrogen-bond donors (Lipinski definition) is 2. The number of aromatic amines is 1. The second kappa shape index (κ2) is 7.62. The minimum absolute atomic E-state index is 0.0624. The summed E-state index contributed by atoms with van der Waals surface area (Å²) in [6, 6.07) is 16.3. The van der Waals surface area contributed by atoms with Crippen molar-refractivity contribution < 1.29 is 14.7 Å². The highest BCUT2D eigenvalue weighted by Gasteiger charge is 2.48. The number of pyridine rings is 1. The number of Topliss-reactive ketones (excluding diaryl/α,β-unsaturated/α-hetero) is 1. The number of nitrogens with zero attached hydrogens (tertiary/aromatic N) is 3. The van der Waals surface area contributed by atoms with Gasteiger partial charge >= 0.3 is 5.91 Å². The molecule has 2 aromatic heterocycles. The molecule has 0 aliphatic carbocycles. The number of aromatic nitrogens is 3. The van der Waals surface area contributed by atoms with E-state index in [1.54, 1.807) is 48.7 Å². The lowest BCUT2D eigenvalue weighted by Gasteiger charge is -2.22. The van der Waals surface area contributed by atoms with E-state index in [1.165, 1.54) is 4.90 Å². The number of halogens is 1. The number of benzene rings is 2. The molecular formula is C24H17ClN4O3. The van der Waals surface area contributed by atoms with Crippen molar-refractivity contribution >= 4 is 46.0 Å². The van der Waals surface area contributed by atoms with E-state index in [0.29, 0.717) is 21.8 Å². The van der Waals surface area contributed by atoms with Gasteiger partial charge in [0.25, 0.3) is 5.78 Å². The normalized spacial score (nSPS) is 17.9. The van der Waals surface area contributed by atoms with Gasteiger partial charge in [-0.05, 0) is 61.0 Å². The number of amides is 1. The fourth-order valence-corrected chi connectivity index (χ4v) is 3.98. The second-order valence-corrected chi connectivity index (χ2v) is 7.95. The van der Waals surface area contributed by atoms with Gasteiger partial charge in [-0.1, -0.05) is 23.7 Å². The van der Waals surface area contributed by atoms with E-state index in [0.717, 1.165) is 11.1 Å². The zero-order valence-electron chi connectivity index (χ0n) is 16.9. The maximum Gasteiger partial charge on any atom is 0.302 e. The molecule has 1 saturated heterocycles. The monoisotopic (exact) mass is 444 g/mol. The van der Waals surface area contributed by atoms with E-state index in [4.69, 9.17) is 11.6 Å². The lowest BCUT2D eigenvalue weighted by atomic mass is 9.98. The predicted molar refractivity (Wildman–Crippen MR) is 121 cm³/mol. The Morgan fingerprint density at radius 1 is 1.09 bits per heavy atom. The molecule has 1 aliphatic rings. The minimum Gasteiger partial charge on any atom is -0.507 e. The van der Waals surface area contributed by atoms with E-state index >= 15 is 0 Å². The number of H-pyrrole nitrogens is 1. The molecule has 2 N–H and O–H groups in total. The Labute approximate surface area is 188 Å². The van der Waals surface area contributed by atoms with Crippen LogP contribution in [0.1, 0.15) is 22.9 Å². The van der Waals surface area contributed by atoms with E-state index in [-0.39, 0.29) is 17.3 Å². The minimum atomic E-state index is -0.950. The number of imidazole rings is 1. The number of rotatable bonds is 3. The Hall–Kier alpha value is -3.97. The molecule has 7 nitrogen and oxygen atoms in total. The summed E-state index contributed by atoms with van der Waals surface area (Å²) in [6.07, 6.45) is 1.57. The molecule has 3 heterocycles. The van der Waals surface area contributed by atoms with Crippen molar-refractivity contribution in [1.82, 2.24) is 15.0 Å². The lowest BCUT2D eigenvalue weighted by molar-refractivity contribution is -0.132. The molecule has 0 spiro atoms. The Morgan fingerprint density at radius 3 is 2.59 bits per heavy atom. The van der Waals surface area contributed by atoms with Crippen LogP contribution in [0.3, 0.4) is 0 Å². The molecule has 1 unspecified atom stereocenters. The first-order valence-corrected chi connectivity index (χ1v) is 10.3. The highest BCUT2D eigenvalue weighted by atomic mass is 35.5. The molecule has 0 radical (unpaired) electrons. The van der Waals surface area contributed by atoms with Gasteiger partial charge in [0.1, 0.15) is 11.8 Å². The maximum atomic E-state index is 13.2. The smallest absolute Gasteiger partial charge is 0.302 e. The van der Waals surface area contributed by atoms with Crippen molar-refractivity contribution in [3.63, 3.8) is 0 Å². The van der Waals surface area contributed by atoms with E-state index in [1.807, 2.05) is 25.1 Å². The highest BCUT2D eigenvalue weighted by Crippen LogP contribution is 2.41. The second-order valence-electron chi connectivity index (χ2n) is 7.51. The van der Waals surface area contributed by atoms with Gasteiger partial charge in [0.05, 0.1) is 22.3 Å². The molecule has 158 valence electrons. The predicted octanol–water partition coefficient (Wildman–Crippen LogP) is 4.55. The molecule has 32 heavy (non-hydrogen) atoms. The van der Waals surface area contributed by atoms with Crippen molar-refractivity contribution in [2.24, 2.45) is 0 Å². The van der Waals surface area contributed by atoms with Gasteiger partial charge in [0.2, 0.25) is 5.95 Å². The van der Waals surface area contributed by atoms with Crippen molar-refractivity contribution in [2.75, 3.05) is 4.90 Å². The van der Waals surface area contributed by atoms with Crippen molar-refractivity contribution in [1.29, 1.82) is 0 Å². The molecule has 5 rings (SSSR count). The standard InChI is InChI=1S/C24H17ClN4O3/c1-13-5-10-16-18(12-13)28-24(27-16)29-20(17-4-2-3-11-26-17)19(22(31)23(29)32)21(30)14-6-8-15(25)9-7-14/h2-12,20,30H,1H3,(H,27,28)/b21-19+. The largest absolute Gasteiger partial charge is 0.507 e. The number of aryl methyl sites for hydroxylation is 1. The van der Waals surface area contributed by atoms with E-state index < -0.39 is 17.7 Å². The fourth-order valence-electron chi connectivity index (χ4n) is 3.86. The van der Waals surface area contributed by atoms with Crippen molar-refractivity contribution in [3.05, 3.63) is 94.3 Å². The first kappa shape index (κ1) is 20.0. The van der Waals surface area contributed by atoms with Crippen LogP contribution in [-0.2, 0) is 9.59 Å². The van der Waals surface area contributed by atoms with Crippen LogP contribution < -0.4 is 4.90 Å². The van der Waals surface area contributed by atoms with Crippen LogP contribution in [0.15, 0.2) is 72.4 Å². The van der Waals surface area contributed by atoms with Gasteiger partial charge in [0, 0.05) is 16.8 Å². The van der Waals surface area contributed by atoms with Gasteiger partial charge < -0.3 is 10.1 Å². The Morgan fingerprint density at radius 2 is 1.88 bits per heavy atom. The maximum absolute atomic E-state index is 13.2. The number of carbonyl (C=O) groups is 2. The quantitative estimate of drug-likeness (QED) is 0.274. The topological polar surface area (TPSA) is 99.2 Å². The van der Waals surface area contributed by atoms with Crippen molar-refractivity contribution in [2.45, 2.75) is 13.0 Å². The molecule has 1 fully saturated rings. The number of anilines is 1. The van der Waals surface area contributed by atoms with Crippen LogP contribution in [0, 0.1) is 6.92 Å². The van der Waals surface area contributed by atoms with Crippen LogP contribution in [0.25, 0.3) is 16.8 Å². The fraction of sp³-hybridized carbons (Fsp3) is 0.0833. The number of aliphatic hydroxyl groups is 1. The molecule has 1 amide bonds. The Kier molecular flexibility index (Phi) is 4.75. The zero-order valence-corrected chi connectivity index (χ0v) is 17.7. The van der Waals surface area contributed by atoms with Gasteiger partial charge in [-0.2, -0.15) is 0 Å². The highest BCUT2D eigenvalue weighted by molar-refractivity contribution is 6.51. The van der Waals surface area contributed by atoms with Gasteiger partial charge in [-0.15, -0.1) is 0 Å². The average molecular weight is 445 g/mol. The summed E-state index contributed by atoms with van der Waals surface area (Å²) in [6.45, 7) is 1.95. The molecule has 1 aliphatic heterocycles. The average Bonchev–Trinajstić information content (AvgIpc) is 3.32. The van der Waals surface area contributed by atoms with Crippen LogP contribution in [0.4, 0.5) is 5.95 Å². The summed E-state index contributed by atoms with van der Waals surface area (Å²) in [4.78, 5) is 39.5. The van der Waals surface area contributed by atoms with Crippen molar-refractivity contribution in [3.8, 4) is 0 Å². The third-order valence-electron chi connectivity index (χ3n) is 5.38. The number of aliphatic hydroxyl groups excluding tert-OH is 1. The van der Waals surface area contributed by atoms with Gasteiger partial charge in [-0.3, -0.25) is 19.5 Å². The van der Waals surface area contributed by atoms with Crippen LogP contribution >= 0.6 is 11.6 Å². The van der Waals surface area contributed by atoms with Gasteiger partial charge in [-0.25, -0.2) is 4.98 Å². The third-order valence-corrected chi connectivity index (χ3v) is 5.64. The molecule has 8 heteroatoms. The summed E-state index contributed by atoms with van der Waals surface area (Å²) in [5.74, 6) is -1.71. The summed E-state index contributed by atoms with van der Waals surface area (Å²) < 4.78 is 0. The zero-order chi connectivity index (χ0) is 22.4. The van der Waals surface area contributed by atoms with Gasteiger partial charge in [0.15, 0.2) is 0 Å². The molecule has 0 saturated carbocycles. The van der Waals surface area contributed by atoms with Crippen LogP contribution in [0.2, 0.25) is 5.02 Å². The summed E-state index contributed by atoms with van der Waals surface area (Å²) in [7, 11) is 0. The summed E-state index contributed by atoms with van der Waals surface area (Å²) in [5, 5.41) is 11.5. The van der Waals surface area contributed by atoms with E-state index in [9.17, 15) is 14.7 Å². The number of nitrogens with one attached hydrogen (secondary N) is 1. The number of carbonyl (C=O) groups excluding carboxylic acids is 2. The Bertz CT molecular complexity index is 1390. The number of fused-ring (bicyclic) bond motifs is 1. The molecule has 1 atom stereocenters. The molecule has 4 aromatic rings. The van der Waals surface area contributed by atoms with Crippen LogP contribution in [-0.4, -0.2) is 31.7 Å². The first-order valence-electron chi connectivity index (χ1n) is 9.88.